The molecule has 1 fully saturated rings. The third kappa shape index (κ3) is 3.84. The van der Waals surface area contributed by atoms with E-state index in [1.54, 1.807) is 14.0 Å². The summed E-state index contributed by atoms with van der Waals surface area (Å²) in [4.78, 5) is 40.6. The van der Waals surface area contributed by atoms with E-state index in [2.05, 4.69) is 29.5 Å². The fourth-order valence-electron chi connectivity index (χ4n) is 3.94. The van der Waals surface area contributed by atoms with Crippen molar-refractivity contribution in [3.63, 3.8) is 0 Å². The molecule has 2 aliphatic rings. The van der Waals surface area contributed by atoms with Crippen LogP contribution in [0.5, 0.6) is 0 Å². The molecule has 3 N–H and O–H groups in total. The first-order valence-electron chi connectivity index (χ1n) is 9.49. The number of rotatable bonds is 6. The van der Waals surface area contributed by atoms with Gasteiger partial charge >= 0.3 is 0 Å². The fourth-order valence-corrected chi connectivity index (χ4v) is 3.94. The van der Waals surface area contributed by atoms with E-state index < -0.39 is 6.04 Å². The summed E-state index contributed by atoms with van der Waals surface area (Å²) in [6, 6.07) is -0.542. The van der Waals surface area contributed by atoms with Gasteiger partial charge in [0.25, 0.3) is 5.91 Å². The zero-order valence-corrected chi connectivity index (χ0v) is 16.1. The predicted molar refractivity (Wildman–Crippen MR) is 99.2 cm³/mol. The van der Waals surface area contributed by atoms with Crippen molar-refractivity contribution in [1.82, 2.24) is 15.6 Å². The number of fused-ring (bicyclic) bond motifs is 1. The van der Waals surface area contributed by atoms with Crippen LogP contribution in [0.15, 0.2) is 0 Å². The third-order valence-electron chi connectivity index (χ3n) is 5.56. The van der Waals surface area contributed by atoms with E-state index >= 15 is 0 Å². The molecule has 1 saturated carbocycles. The van der Waals surface area contributed by atoms with Gasteiger partial charge in [-0.15, -0.1) is 0 Å². The number of nitrogens with one attached hydrogen (secondary N) is 3. The second kappa shape index (κ2) is 6.89. The lowest BCUT2D eigenvalue weighted by atomic mass is 9.75. The third-order valence-corrected chi connectivity index (χ3v) is 5.56. The Balaban J connectivity index is 1.78. The van der Waals surface area contributed by atoms with Crippen LogP contribution in [0, 0.1) is 18.3 Å². The molecule has 0 aromatic carbocycles. The Morgan fingerprint density at radius 3 is 2.58 bits per heavy atom. The number of hydrogen-bond acceptors (Lipinski definition) is 3. The lowest BCUT2D eigenvalue weighted by Gasteiger charge is -2.28. The number of amides is 2. The zero-order chi connectivity index (χ0) is 19.1. The highest BCUT2D eigenvalue weighted by atomic mass is 16.2. The normalized spacial score (nSPS) is 19.6. The minimum Gasteiger partial charge on any atom is -0.357 e. The van der Waals surface area contributed by atoms with E-state index in [1.165, 1.54) is 12.8 Å². The molecular formula is C20H29N3O3. The summed E-state index contributed by atoms with van der Waals surface area (Å²) in [6.45, 7) is 5.92. The molecular weight excluding hydrogens is 330 g/mol. The predicted octanol–water partition coefficient (Wildman–Crippen LogP) is 2.51. The number of carbonyl (C=O) groups excluding carboxylic acids is 3. The van der Waals surface area contributed by atoms with E-state index in [-0.39, 0.29) is 23.0 Å². The molecule has 6 heteroatoms. The van der Waals surface area contributed by atoms with Crippen molar-refractivity contribution < 1.29 is 14.4 Å². The number of carbonyl (C=O) groups is 3. The average molecular weight is 359 g/mol. The molecule has 1 atom stereocenters. The summed E-state index contributed by atoms with van der Waals surface area (Å²) in [6.07, 6.45) is 5.25. The maximum absolute atomic E-state index is 12.8. The standard InChI is InChI=1S/C20H29N3O3/c1-11-16-14(9-20(2,3)10-15(16)24)22-17(11)19(26)23-13(18(25)21-4)8-7-12-5-6-12/h12-13,22H,5-10H2,1-4H3,(H,21,25)(H,23,26). The van der Waals surface area contributed by atoms with E-state index in [0.29, 0.717) is 35.6 Å². The number of likely N-dealkylation sites (N-methyl/N-ethyl adjacent to an activating group) is 1. The number of Topliss-reactive ketones (excluding diaryl/α,β-unsaturated/α-hetero) is 1. The van der Waals surface area contributed by atoms with Gasteiger partial charge in [-0.1, -0.05) is 26.7 Å². The first kappa shape index (κ1) is 18.7. The van der Waals surface area contributed by atoms with Crippen LogP contribution in [0.1, 0.15) is 78.1 Å². The van der Waals surface area contributed by atoms with Crippen LogP contribution in [0.2, 0.25) is 0 Å². The molecule has 6 nitrogen and oxygen atoms in total. The Labute approximate surface area is 154 Å². The van der Waals surface area contributed by atoms with Crippen molar-refractivity contribution in [3.05, 3.63) is 22.5 Å². The van der Waals surface area contributed by atoms with Crippen molar-refractivity contribution in [3.8, 4) is 0 Å². The van der Waals surface area contributed by atoms with Crippen molar-refractivity contribution in [2.45, 2.75) is 65.3 Å². The summed E-state index contributed by atoms with van der Waals surface area (Å²) < 4.78 is 0. The molecule has 26 heavy (non-hydrogen) atoms. The molecule has 0 radical (unpaired) electrons. The van der Waals surface area contributed by atoms with Crippen LogP contribution < -0.4 is 10.6 Å². The van der Waals surface area contributed by atoms with Crippen molar-refractivity contribution in [2.75, 3.05) is 7.05 Å². The Kier molecular flexibility index (Phi) is 4.95. The highest BCUT2D eigenvalue weighted by molar-refractivity contribution is 6.05. The van der Waals surface area contributed by atoms with Crippen LogP contribution in [-0.4, -0.2) is 35.7 Å². The van der Waals surface area contributed by atoms with Crippen LogP contribution >= 0.6 is 0 Å². The molecule has 142 valence electrons. The summed E-state index contributed by atoms with van der Waals surface area (Å²) in [7, 11) is 1.58. The van der Waals surface area contributed by atoms with Crippen LogP contribution in [0.4, 0.5) is 0 Å². The summed E-state index contributed by atoms with van der Waals surface area (Å²) in [5, 5.41) is 5.49. The fraction of sp³-hybridized carbons (Fsp3) is 0.650. The monoisotopic (exact) mass is 359 g/mol. The smallest absolute Gasteiger partial charge is 0.268 e. The first-order valence-corrected chi connectivity index (χ1v) is 9.49. The van der Waals surface area contributed by atoms with Crippen LogP contribution in [0.3, 0.4) is 0 Å². The number of H-pyrrole nitrogens is 1. The average Bonchev–Trinajstić information content (AvgIpc) is 3.32. The maximum Gasteiger partial charge on any atom is 0.268 e. The molecule has 0 aliphatic heterocycles. The molecule has 1 aromatic heterocycles. The number of aromatic amines is 1. The minimum absolute atomic E-state index is 0.0839. The highest BCUT2D eigenvalue weighted by Crippen LogP contribution is 2.37. The van der Waals surface area contributed by atoms with Gasteiger partial charge in [-0.25, -0.2) is 0 Å². The van der Waals surface area contributed by atoms with Gasteiger partial charge in [0.15, 0.2) is 5.78 Å². The highest BCUT2D eigenvalue weighted by Gasteiger charge is 2.35. The lowest BCUT2D eigenvalue weighted by molar-refractivity contribution is -0.122. The molecule has 2 amide bonds. The second-order valence-electron chi connectivity index (χ2n) is 8.58. The quantitative estimate of drug-likeness (QED) is 0.729. The Morgan fingerprint density at radius 2 is 1.96 bits per heavy atom. The van der Waals surface area contributed by atoms with Crippen LogP contribution in [-0.2, 0) is 11.2 Å². The molecule has 1 heterocycles. The van der Waals surface area contributed by atoms with Gasteiger partial charge in [-0.3, -0.25) is 14.4 Å². The summed E-state index contributed by atoms with van der Waals surface area (Å²) in [5.41, 5.74) is 2.48. The molecule has 0 spiro atoms. The Bertz CT molecular complexity index is 744. The second-order valence-corrected chi connectivity index (χ2v) is 8.58. The van der Waals surface area contributed by atoms with Gasteiger partial charge in [0.2, 0.25) is 5.91 Å². The molecule has 0 saturated heterocycles. The number of hydrogen-bond donors (Lipinski definition) is 3. The molecule has 2 aliphatic carbocycles. The molecule has 3 rings (SSSR count). The summed E-state index contributed by atoms with van der Waals surface area (Å²) in [5.74, 6) is 0.288. The van der Waals surface area contributed by atoms with E-state index in [1.807, 2.05) is 0 Å². The molecule has 1 aromatic rings. The number of ketones is 1. The zero-order valence-electron chi connectivity index (χ0n) is 16.1. The molecule has 1 unspecified atom stereocenters. The summed E-state index contributed by atoms with van der Waals surface area (Å²) >= 11 is 0. The van der Waals surface area contributed by atoms with E-state index in [9.17, 15) is 14.4 Å². The van der Waals surface area contributed by atoms with Crippen molar-refractivity contribution >= 4 is 17.6 Å². The SMILES string of the molecule is CNC(=O)C(CCC1CC1)NC(=O)c1[nH]c2c(c1C)C(=O)CC(C)(C)C2. The van der Waals surface area contributed by atoms with Gasteiger partial charge in [0.05, 0.1) is 0 Å². The number of aromatic nitrogens is 1. The Hall–Kier alpha value is -2.11. The molecule has 0 bridgehead atoms. The van der Waals surface area contributed by atoms with E-state index in [0.717, 1.165) is 18.5 Å². The van der Waals surface area contributed by atoms with Gasteiger partial charge < -0.3 is 15.6 Å². The van der Waals surface area contributed by atoms with Gasteiger partial charge in [0, 0.05) is 24.7 Å². The lowest BCUT2D eigenvalue weighted by Crippen LogP contribution is -2.46. The van der Waals surface area contributed by atoms with Crippen LogP contribution in [0.25, 0.3) is 0 Å². The first-order chi connectivity index (χ1) is 12.2. The maximum atomic E-state index is 12.8. The van der Waals surface area contributed by atoms with E-state index in [4.69, 9.17) is 0 Å². The van der Waals surface area contributed by atoms with Gasteiger partial charge in [0.1, 0.15) is 11.7 Å². The van der Waals surface area contributed by atoms with Gasteiger partial charge in [-0.05, 0) is 43.1 Å². The Morgan fingerprint density at radius 1 is 1.27 bits per heavy atom. The van der Waals surface area contributed by atoms with Gasteiger partial charge in [-0.2, -0.15) is 0 Å². The largest absolute Gasteiger partial charge is 0.357 e. The topological polar surface area (TPSA) is 91.1 Å². The van der Waals surface area contributed by atoms with Crippen molar-refractivity contribution in [2.24, 2.45) is 11.3 Å². The minimum atomic E-state index is -0.542. The van der Waals surface area contributed by atoms with Crippen molar-refractivity contribution in [1.29, 1.82) is 0 Å².